The number of thioether (sulfide) groups is 1. The smallest absolute Gasteiger partial charge is 0.339 e. The minimum absolute atomic E-state index is 0.0675. The number of aryl methyl sites for hydroxylation is 2. The molecule has 0 aliphatic heterocycles. The summed E-state index contributed by atoms with van der Waals surface area (Å²) >= 11 is 1.44. The Kier molecular flexibility index (Phi) is 4.95. The maximum atomic E-state index is 12.3. The minimum Gasteiger partial charge on any atom is -0.455 e. The second-order valence-electron chi connectivity index (χ2n) is 5.03. The fourth-order valence-electron chi connectivity index (χ4n) is 2.00. The van der Waals surface area contributed by atoms with Crippen molar-refractivity contribution in [2.45, 2.75) is 31.1 Å². The van der Waals surface area contributed by atoms with Gasteiger partial charge in [0.25, 0.3) is 0 Å². The fourth-order valence-corrected chi connectivity index (χ4v) is 2.88. The zero-order chi connectivity index (χ0) is 16.9. The Bertz CT molecular complexity index is 843. The summed E-state index contributed by atoms with van der Waals surface area (Å²) in [4.78, 5) is 17.2. The zero-order valence-electron chi connectivity index (χ0n) is 13.2. The molecule has 1 aromatic carbocycles. The molecule has 0 saturated heterocycles. The molecule has 0 unspecified atom stereocenters. The van der Waals surface area contributed by atoms with Crippen molar-refractivity contribution in [2.24, 2.45) is 0 Å². The molecule has 3 rings (SSSR count). The first-order chi connectivity index (χ1) is 11.6. The first-order valence-electron chi connectivity index (χ1n) is 7.22. The lowest BCUT2D eigenvalue weighted by molar-refractivity contribution is 0.0460. The summed E-state index contributed by atoms with van der Waals surface area (Å²) in [7, 11) is 0. The predicted octanol–water partition coefficient (Wildman–Crippen LogP) is 3.32. The van der Waals surface area contributed by atoms with E-state index in [-0.39, 0.29) is 6.61 Å². The van der Waals surface area contributed by atoms with Gasteiger partial charge in [0.05, 0.1) is 11.3 Å². The van der Waals surface area contributed by atoms with Crippen molar-refractivity contribution in [3.63, 3.8) is 0 Å². The lowest BCUT2D eigenvalue weighted by atomic mass is 10.2. The molecule has 0 spiro atoms. The molecule has 0 amide bonds. The highest BCUT2D eigenvalue weighted by atomic mass is 32.2. The summed E-state index contributed by atoms with van der Waals surface area (Å²) < 4.78 is 15.3. The number of aromatic nitrogens is 3. The molecule has 24 heavy (non-hydrogen) atoms. The van der Waals surface area contributed by atoms with Crippen LogP contribution in [0.2, 0.25) is 0 Å². The molecule has 3 aromatic rings. The van der Waals surface area contributed by atoms with Crippen molar-refractivity contribution in [3.05, 3.63) is 59.1 Å². The van der Waals surface area contributed by atoms with Crippen LogP contribution in [-0.2, 0) is 17.1 Å². The molecule has 0 radical (unpaired) electrons. The molecule has 0 N–H and O–H groups in total. The third-order valence-electron chi connectivity index (χ3n) is 3.06. The summed E-state index contributed by atoms with van der Waals surface area (Å²) in [5.41, 5.74) is 1.06. The highest BCUT2D eigenvalue weighted by Gasteiger charge is 2.15. The zero-order valence-corrected chi connectivity index (χ0v) is 14.0. The Labute approximate surface area is 142 Å². The highest BCUT2D eigenvalue weighted by Crippen LogP contribution is 2.26. The van der Waals surface area contributed by atoms with Crippen molar-refractivity contribution in [3.8, 4) is 0 Å². The van der Waals surface area contributed by atoms with E-state index < -0.39 is 5.97 Å². The maximum absolute atomic E-state index is 12.3. The summed E-state index contributed by atoms with van der Waals surface area (Å²) in [6, 6.07) is 8.95. The van der Waals surface area contributed by atoms with Crippen LogP contribution in [0.4, 0.5) is 0 Å². The van der Waals surface area contributed by atoms with Gasteiger partial charge in [-0.3, -0.25) is 0 Å². The topological polar surface area (TPSA) is 91.2 Å². The third kappa shape index (κ3) is 4.02. The van der Waals surface area contributed by atoms with E-state index in [1.54, 1.807) is 32.0 Å². The largest absolute Gasteiger partial charge is 0.455 e. The van der Waals surface area contributed by atoms with E-state index in [0.717, 1.165) is 4.90 Å². The van der Waals surface area contributed by atoms with Gasteiger partial charge in [-0.15, -0.1) is 11.8 Å². The van der Waals surface area contributed by atoms with Crippen LogP contribution in [0.25, 0.3) is 0 Å². The number of carbonyl (C=O) groups is 1. The summed E-state index contributed by atoms with van der Waals surface area (Å²) in [6.07, 6.45) is 0. The molecule has 124 valence electrons. The molecule has 2 heterocycles. The maximum Gasteiger partial charge on any atom is 0.339 e. The van der Waals surface area contributed by atoms with Crippen molar-refractivity contribution < 1.29 is 18.6 Å². The molecule has 0 atom stereocenters. The number of hydrogen-bond acceptors (Lipinski definition) is 8. The normalized spacial score (nSPS) is 10.8. The van der Waals surface area contributed by atoms with E-state index in [1.165, 1.54) is 11.8 Å². The van der Waals surface area contributed by atoms with Gasteiger partial charge in [0.2, 0.25) is 5.89 Å². The van der Waals surface area contributed by atoms with Crippen LogP contribution >= 0.6 is 11.8 Å². The molecule has 0 fully saturated rings. The van der Waals surface area contributed by atoms with Crippen LogP contribution in [0.15, 0.2) is 44.3 Å². The predicted molar refractivity (Wildman–Crippen MR) is 85.4 cm³/mol. The van der Waals surface area contributed by atoms with Gasteiger partial charge in [-0.25, -0.2) is 4.79 Å². The Hall–Kier alpha value is -2.61. The van der Waals surface area contributed by atoms with Gasteiger partial charge in [0.1, 0.15) is 18.1 Å². The van der Waals surface area contributed by atoms with E-state index >= 15 is 0 Å². The first-order valence-corrected chi connectivity index (χ1v) is 8.20. The highest BCUT2D eigenvalue weighted by molar-refractivity contribution is 7.98. The van der Waals surface area contributed by atoms with Crippen LogP contribution in [-0.4, -0.2) is 21.3 Å². The lowest BCUT2D eigenvalue weighted by Gasteiger charge is -2.07. The average molecular weight is 345 g/mol. The molecular weight excluding hydrogens is 330 g/mol. The molecule has 0 aliphatic carbocycles. The molecule has 8 heteroatoms. The van der Waals surface area contributed by atoms with Gasteiger partial charge in [0, 0.05) is 11.0 Å². The standard InChI is InChI=1S/C16H15N3O4S/c1-10-7-12(19-22-10)8-21-16(20)13-5-3-4-6-14(13)24-9-15-17-11(2)18-23-15/h3-7H,8-9H2,1-2H3. The van der Waals surface area contributed by atoms with E-state index in [0.29, 0.717) is 34.5 Å². The Morgan fingerprint density at radius 3 is 2.75 bits per heavy atom. The Balaban J connectivity index is 1.65. The number of hydrogen-bond donors (Lipinski definition) is 0. The number of esters is 1. The Morgan fingerprint density at radius 1 is 1.21 bits per heavy atom. The Morgan fingerprint density at radius 2 is 2.04 bits per heavy atom. The molecule has 0 aliphatic rings. The number of carbonyl (C=O) groups excluding carboxylic acids is 1. The lowest BCUT2D eigenvalue weighted by Crippen LogP contribution is -2.06. The summed E-state index contributed by atoms with van der Waals surface area (Å²) in [6.45, 7) is 3.61. The number of ether oxygens (including phenoxy) is 1. The van der Waals surface area contributed by atoms with Gasteiger partial charge in [-0.1, -0.05) is 22.4 Å². The summed E-state index contributed by atoms with van der Waals surface area (Å²) in [5, 5.41) is 7.54. The second kappa shape index (κ2) is 7.31. The number of benzene rings is 1. The molecule has 0 saturated carbocycles. The van der Waals surface area contributed by atoms with E-state index in [1.807, 2.05) is 12.1 Å². The van der Waals surface area contributed by atoms with E-state index in [9.17, 15) is 4.79 Å². The SMILES string of the molecule is Cc1noc(CSc2ccccc2C(=O)OCc2cc(C)on2)n1. The van der Waals surface area contributed by atoms with Crippen molar-refractivity contribution in [1.29, 1.82) is 0 Å². The second-order valence-corrected chi connectivity index (χ2v) is 6.04. The van der Waals surface area contributed by atoms with E-state index in [2.05, 4.69) is 15.3 Å². The van der Waals surface area contributed by atoms with Gasteiger partial charge in [-0.05, 0) is 26.0 Å². The van der Waals surface area contributed by atoms with Crippen LogP contribution in [0.5, 0.6) is 0 Å². The van der Waals surface area contributed by atoms with Crippen LogP contribution < -0.4 is 0 Å². The molecular formula is C16H15N3O4S. The van der Waals surface area contributed by atoms with Crippen molar-refractivity contribution >= 4 is 17.7 Å². The van der Waals surface area contributed by atoms with Gasteiger partial charge in [-0.2, -0.15) is 4.98 Å². The average Bonchev–Trinajstić information content (AvgIpc) is 3.19. The minimum atomic E-state index is -0.416. The van der Waals surface area contributed by atoms with Gasteiger partial charge < -0.3 is 13.8 Å². The monoisotopic (exact) mass is 345 g/mol. The van der Waals surface area contributed by atoms with Crippen molar-refractivity contribution in [1.82, 2.24) is 15.3 Å². The molecule has 2 aromatic heterocycles. The number of nitrogens with zero attached hydrogens (tertiary/aromatic N) is 3. The van der Waals surface area contributed by atoms with Crippen molar-refractivity contribution in [2.75, 3.05) is 0 Å². The van der Waals surface area contributed by atoms with Gasteiger partial charge in [0.15, 0.2) is 5.82 Å². The third-order valence-corrected chi connectivity index (χ3v) is 4.11. The fraction of sp³-hybridized carbons (Fsp3) is 0.250. The quantitative estimate of drug-likeness (QED) is 0.496. The van der Waals surface area contributed by atoms with Crippen LogP contribution in [0.3, 0.4) is 0 Å². The molecule has 0 bridgehead atoms. The molecule has 7 nitrogen and oxygen atoms in total. The first kappa shape index (κ1) is 16.3. The number of rotatable bonds is 6. The van der Waals surface area contributed by atoms with Gasteiger partial charge >= 0.3 is 5.97 Å². The summed E-state index contributed by atoms with van der Waals surface area (Å²) in [5.74, 6) is 1.83. The van der Waals surface area contributed by atoms with E-state index in [4.69, 9.17) is 13.8 Å². The van der Waals surface area contributed by atoms with Crippen LogP contribution in [0.1, 0.15) is 33.5 Å². The van der Waals surface area contributed by atoms with Crippen LogP contribution in [0, 0.1) is 13.8 Å².